The van der Waals surface area contributed by atoms with E-state index in [0.717, 1.165) is 17.4 Å². The normalized spacial score (nSPS) is 20.9. The Kier molecular flexibility index (Phi) is 4.05. The number of amides is 2. The van der Waals surface area contributed by atoms with Gasteiger partial charge in [-0.25, -0.2) is 9.59 Å². The van der Waals surface area contributed by atoms with Gasteiger partial charge in [-0.1, -0.05) is 0 Å². The van der Waals surface area contributed by atoms with E-state index in [9.17, 15) is 19.6 Å². The molecule has 3 rings (SSSR count). The summed E-state index contributed by atoms with van der Waals surface area (Å²) in [5.74, 6) is 0.343. The van der Waals surface area contributed by atoms with E-state index in [-0.39, 0.29) is 17.6 Å². The van der Waals surface area contributed by atoms with Crippen molar-refractivity contribution in [2.24, 2.45) is 14.1 Å². The molecule has 0 bridgehead atoms. The summed E-state index contributed by atoms with van der Waals surface area (Å²) in [5, 5.41) is 12.2. The van der Waals surface area contributed by atoms with Crippen LogP contribution in [0.3, 0.4) is 0 Å². The largest absolute Gasteiger partial charge is 0.355 e. The molecule has 1 aromatic rings. The van der Waals surface area contributed by atoms with E-state index in [1.807, 2.05) is 11.0 Å². The number of nitriles is 1. The van der Waals surface area contributed by atoms with E-state index in [1.165, 1.54) is 11.6 Å². The molecule has 24 heavy (non-hydrogen) atoms. The van der Waals surface area contributed by atoms with Crippen LogP contribution in [0.1, 0.15) is 18.4 Å². The molecule has 0 aromatic carbocycles. The van der Waals surface area contributed by atoms with Crippen LogP contribution < -0.4 is 21.5 Å². The van der Waals surface area contributed by atoms with Gasteiger partial charge in [-0.05, 0) is 12.8 Å². The number of aromatic nitrogens is 2. The molecule has 1 atom stereocenters. The zero-order valence-corrected chi connectivity index (χ0v) is 13.8. The Morgan fingerprint density at radius 3 is 2.54 bits per heavy atom. The second-order valence-corrected chi connectivity index (χ2v) is 6.18. The first-order valence-corrected chi connectivity index (χ1v) is 7.95. The molecule has 0 radical (unpaired) electrons. The number of hydrogen-bond acceptors (Lipinski definition) is 5. The fourth-order valence-corrected chi connectivity index (χ4v) is 3.54. The predicted molar refractivity (Wildman–Crippen MR) is 87.0 cm³/mol. The number of nitrogens with one attached hydrogen (secondary N) is 1. The number of urea groups is 1. The molecule has 0 saturated carbocycles. The van der Waals surface area contributed by atoms with Crippen LogP contribution in [0.4, 0.5) is 10.6 Å². The lowest BCUT2D eigenvalue weighted by Gasteiger charge is -2.38. The van der Waals surface area contributed by atoms with E-state index < -0.39 is 11.2 Å². The maximum Gasteiger partial charge on any atom is 0.332 e. The van der Waals surface area contributed by atoms with Crippen LogP contribution in [0.15, 0.2) is 9.59 Å². The van der Waals surface area contributed by atoms with Gasteiger partial charge in [0.1, 0.15) is 11.9 Å². The second kappa shape index (κ2) is 6.03. The van der Waals surface area contributed by atoms with Crippen molar-refractivity contribution in [3.05, 3.63) is 26.4 Å². The molecule has 9 nitrogen and oxygen atoms in total. The van der Waals surface area contributed by atoms with Crippen molar-refractivity contribution in [2.75, 3.05) is 31.1 Å². The molecule has 9 heteroatoms. The number of nitrogens with zero attached hydrogens (tertiary/aromatic N) is 5. The Morgan fingerprint density at radius 1 is 1.17 bits per heavy atom. The van der Waals surface area contributed by atoms with Gasteiger partial charge >= 0.3 is 11.7 Å². The quantitative estimate of drug-likeness (QED) is 0.744. The molecule has 0 unspecified atom stereocenters. The second-order valence-electron chi connectivity index (χ2n) is 6.18. The van der Waals surface area contributed by atoms with Crippen molar-refractivity contribution in [3.63, 3.8) is 0 Å². The van der Waals surface area contributed by atoms with E-state index in [4.69, 9.17) is 0 Å². The predicted octanol–water partition coefficient (Wildman–Crippen LogP) is -1.05. The van der Waals surface area contributed by atoms with Crippen LogP contribution in [0.2, 0.25) is 0 Å². The first-order valence-electron chi connectivity index (χ1n) is 7.95. The molecule has 2 aliphatic heterocycles. The molecule has 2 aliphatic rings. The van der Waals surface area contributed by atoms with Gasteiger partial charge in [-0.2, -0.15) is 5.26 Å². The summed E-state index contributed by atoms with van der Waals surface area (Å²) < 4.78 is 2.28. The summed E-state index contributed by atoms with van der Waals surface area (Å²) >= 11 is 0. The van der Waals surface area contributed by atoms with Gasteiger partial charge in [0.2, 0.25) is 0 Å². The number of anilines is 1. The molecule has 2 fully saturated rings. The first-order chi connectivity index (χ1) is 11.5. The topological polar surface area (TPSA) is 103 Å². The smallest absolute Gasteiger partial charge is 0.332 e. The van der Waals surface area contributed by atoms with Crippen LogP contribution in [-0.2, 0) is 14.1 Å². The summed E-state index contributed by atoms with van der Waals surface area (Å²) in [6.07, 6.45) is 1.69. The minimum absolute atomic E-state index is 0.00644. The van der Waals surface area contributed by atoms with Crippen molar-refractivity contribution in [2.45, 2.75) is 18.9 Å². The molecule has 128 valence electrons. The Balaban J connectivity index is 2.00. The molecule has 2 saturated heterocycles. The highest BCUT2D eigenvalue weighted by Gasteiger charge is 2.33. The van der Waals surface area contributed by atoms with Gasteiger partial charge in [0.05, 0.1) is 6.04 Å². The zero-order valence-electron chi connectivity index (χ0n) is 13.8. The van der Waals surface area contributed by atoms with Crippen LogP contribution in [-0.4, -0.2) is 52.3 Å². The summed E-state index contributed by atoms with van der Waals surface area (Å²) in [4.78, 5) is 40.0. The van der Waals surface area contributed by atoms with E-state index in [0.29, 0.717) is 32.0 Å². The summed E-state index contributed by atoms with van der Waals surface area (Å²) in [6.45, 7) is 2.42. The van der Waals surface area contributed by atoms with Gasteiger partial charge in [0.25, 0.3) is 5.56 Å². The van der Waals surface area contributed by atoms with Crippen molar-refractivity contribution >= 4 is 11.8 Å². The zero-order chi connectivity index (χ0) is 17.4. The molecule has 1 aromatic heterocycles. The van der Waals surface area contributed by atoms with E-state index in [2.05, 4.69) is 5.32 Å². The summed E-state index contributed by atoms with van der Waals surface area (Å²) in [5.41, 5.74) is -1.09. The van der Waals surface area contributed by atoms with Gasteiger partial charge in [0, 0.05) is 40.3 Å². The van der Waals surface area contributed by atoms with Crippen LogP contribution in [0, 0.1) is 11.3 Å². The van der Waals surface area contributed by atoms with Gasteiger partial charge in [0.15, 0.2) is 5.56 Å². The monoisotopic (exact) mass is 332 g/mol. The Bertz CT molecular complexity index is 833. The highest BCUT2D eigenvalue weighted by molar-refractivity contribution is 5.76. The first kappa shape index (κ1) is 16.1. The van der Waals surface area contributed by atoms with Crippen molar-refractivity contribution < 1.29 is 4.79 Å². The Hall–Kier alpha value is -2.76. The minimum atomic E-state index is -0.586. The number of carbonyl (C=O) groups excluding carboxylic acids is 1. The maximum atomic E-state index is 12.3. The average Bonchev–Trinajstić information content (AvgIpc) is 3.02. The van der Waals surface area contributed by atoms with Crippen molar-refractivity contribution in [1.82, 2.24) is 19.4 Å². The Labute approximate surface area is 138 Å². The van der Waals surface area contributed by atoms with E-state index >= 15 is 0 Å². The third-order valence-corrected chi connectivity index (χ3v) is 4.77. The van der Waals surface area contributed by atoms with Crippen LogP contribution >= 0.6 is 0 Å². The van der Waals surface area contributed by atoms with Crippen molar-refractivity contribution in [3.8, 4) is 6.07 Å². The third kappa shape index (κ3) is 2.44. The van der Waals surface area contributed by atoms with Crippen LogP contribution in [0.5, 0.6) is 0 Å². The lowest BCUT2D eigenvalue weighted by Crippen LogP contribution is -2.51. The van der Waals surface area contributed by atoms with Crippen LogP contribution in [0.25, 0.3) is 0 Å². The molecule has 3 heterocycles. The molecule has 1 N–H and O–H groups in total. The number of carbonyl (C=O) groups is 1. The lowest BCUT2D eigenvalue weighted by atomic mass is 10.0. The highest BCUT2D eigenvalue weighted by atomic mass is 16.2. The average molecular weight is 332 g/mol. The van der Waals surface area contributed by atoms with Crippen molar-refractivity contribution in [1.29, 1.82) is 5.26 Å². The number of rotatable bonds is 2. The number of hydrogen-bond donors (Lipinski definition) is 1. The standard InChI is InChI=1S/C15H20N6O3/c1-18-12(11(8-16)13(22)19(2)15(18)24)20-6-3-4-10(9-20)21-7-5-17-14(21)23/h10H,3-7,9H2,1-2H3,(H,17,23)/t10-/m0/s1. The fourth-order valence-electron chi connectivity index (χ4n) is 3.54. The third-order valence-electron chi connectivity index (χ3n) is 4.77. The summed E-state index contributed by atoms with van der Waals surface area (Å²) in [6, 6.07) is 1.86. The fraction of sp³-hybridized carbons (Fsp3) is 0.600. The van der Waals surface area contributed by atoms with Gasteiger partial charge in [-0.3, -0.25) is 13.9 Å². The Morgan fingerprint density at radius 2 is 1.92 bits per heavy atom. The number of piperidine rings is 1. The maximum absolute atomic E-state index is 12.3. The highest BCUT2D eigenvalue weighted by Crippen LogP contribution is 2.23. The molecular formula is C15H20N6O3. The van der Waals surface area contributed by atoms with Gasteiger partial charge in [-0.15, -0.1) is 0 Å². The van der Waals surface area contributed by atoms with E-state index in [1.54, 1.807) is 11.9 Å². The molecule has 0 aliphatic carbocycles. The summed E-state index contributed by atoms with van der Waals surface area (Å²) in [7, 11) is 2.92. The molecular weight excluding hydrogens is 312 g/mol. The van der Waals surface area contributed by atoms with Gasteiger partial charge < -0.3 is 15.1 Å². The minimum Gasteiger partial charge on any atom is -0.355 e. The SMILES string of the molecule is Cn1c(N2CCC[C@H](N3CCNC3=O)C2)c(C#N)c(=O)n(C)c1=O. The lowest BCUT2D eigenvalue weighted by molar-refractivity contribution is 0.189. The molecule has 2 amide bonds. The molecule has 0 spiro atoms.